The fraction of sp³-hybridized carbons (Fsp3) is 0.556. The van der Waals surface area contributed by atoms with Crippen molar-refractivity contribution in [2.75, 3.05) is 45.8 Å². The zero-order valence-electron chi connectivity index (χ0n) is 14.4. The van der Waals surface area contributed by atoms with Crippen molar-refractivity contribution in [1.29, 1.82) is 0 Å². The van der Waals surface area contributed by atoms with Gasteiger partial charge in [0.1, 0.15) is 0 Å². The lowest BCUT2D eigenvalue weighted by Crippen LogP contribution is -2.48. The van der Waals surface area contributed by atoms with Crippen LogP contribution in [0.2, 0.25) is 0 Å². The first kappa shape index (κ1) is 17.5. The standard InChI is InChI=1S/C18H27N3O2/c1-4-19-10-12-21(13-11-19)18(23)16-9-7-8-15(14-16)17(22)20(5-2)6-3/h7-9,14H,4-6,10-13H2,1-3H3. The molecule has 0 N–H and O–H groups in total. The average Bonchev–Trinajstić information content (AvgIpc) is 2.62. The maximum atomic E-state index is 12.7. The normalized spacial score (nSPS) is 15.5. The van der Waals surface area contributed by atoms with Gasteiger partial charge in [0.25, 0.3) is 11.8 Å². The van der Waals surface area contributed by atoms with Gasteiger partial charge in [-0.05, 0) is 38.6 Å². The fourth-order valence-corrected chi connectivity index (χ4v) is 2.93. The van der Waals surface area contributed by atoms with Crippen LogP contribution in [-0.2, 0) is 0 Å². The number of piperazine rings is 1. The molecule has 0 radical (unpaired) electrons. The Balaban J connectivity index is 2.10. The highest BCUT2D eigenvalue weighted by Gasteiger charge is 2.22. The van der Waals surface area contributed by atoms with Crippen molar-refractivity contribution in [2.24, 2.45) is 0 Å². The van der Waals surface area contributed by atoms with Gasteiger partial charge in [0.2, 0.25) is 0 Å². The number of nitrogens with zero attached hydrogens (tertiary/aromatic N) is 3. The summed E-state index contributed by atoms with van der Waals surface area (Å²) in [6.07, 6.45) is 0. The molecule has 2 rings (SSSR count). The number of carbonyl (C=O) groups excluding carboxylic acids is 2. The van der Waals surface area contributed by atoms with E-state index < -0.39 is 0 Å². The van der Waals surface area contributed by atoms with Crippen LogP contribution in [0.5, 0.6) is 0 Å². The molecule has 1 aromatic rings. The Morgan fingerprint density at radius 2 is 1.61 bits per heavy atom. The fourth-order valence-electron chi connectivity index (χ4n) is 2.93. The lowest BCUT2D eigenvalue weighted by Gasteiger charge is -2.34. The van der Waals surface area contributed by atoms with E-state index in [1.807, 2.05) is 18.7 Å². The summed E-state index contributed by atoms with van der Waals surface area (Å²) in [7, 11) is 0. The second kappa shape index (κ2) is 8.11. The number of hydrogen-bond acceptors (Lipinski definition) is 3. The Bertz CT molecular complexity index is 547. The minimum Gasteiger partial charge on any atom is -0.339 e. The lowest BCUT2D eigenvalue weighted by atomic mass is 10.1. The van der Waals surface area contributed by atoms with Crippen molar-refractivity contribution in [1.82, 2.24) is 14.7 Å². The van der Waals surface area contributed by atoms with Crippen molar-refractivity contribution < 1.29 is 9.59 Å². The van der Waals surface area contributed by atoms with Crippen LogP contribution in [0.3, 0.4) is 0 Å². The van der Waals surface area contributed by atoms with Crippen LogP contribution < -0.4 is 0 Å². The highest BCUT2D eigenvalue weighted by atomic mass is 16.2. The Hall–Kier alpha value is -1.88. The molecule has 1 saturated heterocycles. The van der Waals surface area contributed by atoms with Crippen LogP contribution >= 0.6 is 0 Å². The molecular formula is C18H27N3O2. The van der Waals surface area contributed by atoms with E-state index in [1.54, 1.807) is 29.2 Å². The highest BCUT2D eigenvalue weighted by Crippen LogP contribution is 2.13. The summed E-state index contributed by atoms with van der Waals surface area (Å²) in [6, 6.07) is 7.11. The zero-order valence-corrected chi connectivity index (χ0v) is 14.4. The third-order valence-electron chi connectivity index (χ3n) is 4.51. The largest absolute Gasteiger partial charge is 0.339 e. The van der Waals surface area contributed by atoms with E-state index in [9.17, 15) is 9.59 Å². The molecule has 0 atom stereocenters. The Kier molecular flexibility index (Phi) is 6.16. The predicted molar refractivity (Wildman–Crippen MR) is 91.7 cm³/mol. The van der Waals surface area contributed by atoms with Crippen molar-refractivity contribution in [3.63, 3.8) is 0 Å². The van der Waals surface area contributed by atoms with Crippen molar-refractivity contribution in [3.8, 4) is 0 Å². The molecule has 1 aliphatic rings. The first-order chi connectivity index (χ1) is 11.1. The number of carbonyl (C=O) groups is 2. The summed E-state index contributed by atoms with van der Waals surface area (Å²) in [5.74, 6) is 0.00963. The quantitative estimate of drug-likeness (QED) is 0.834. The molecule has 23 heavy (non-hydrogen) atoms. The molecule has 5 nitrogen and oxygen atoms in total. The molecule has 126 valence electrons. The molecule has 0 spiro atoms. The molecule has 2 amide bonds. The summed E-state index contributed by atoms with van der Waals surface area (Å²) in [5, 5.41) is 0. The van der Waals surface area contributed by atoms with E-state index in [4.69, 9.17) is 0 Å². The summed E-state index contributed by atoms with van der Waals surface area (Å²) in [4.78, 5) is 31.1. The van der Waals surface area contributed by atoms with Crippen LogP contribution in [0.4, 0.5) is 0 Å². The van der Waals surface area contributed by atoms with E-state index in [-0.39, 0.29) is 11.8 Å². The number of amides is 2. The second-order valence-corrected chi connectivity index (χ2v) is 5.78. The third kappa shape index (κ3) is 4.10. The second-order valence-electron chi connectivity index (χ2n) is 5.78. The third-order valence-corrected chi connectivity index (χ3v) is 4.51. The van der Waals surface area contributed by atoms with E-state index in [2.05, 4.69) is 11.8 Å². The van der Waals surface area contributed by atoms with Crippen LogP contribution in [0.1, 0.15) is 41.5 Å². The molecule has 5 heteroatoms. The molecule has 1 fully saturated rings. The van der Waals surface area contributed by atoms with Crippen LogP contribution in [-0.4, -0.2) is 72.3 Å². The van der Waals surface area contributed by atoms with Crippen LogP contribution in [0.15, 0.2) is 24.3 Å². The molecule has 0 saturated carbocycles. The predicted octanol–water partition coefficient (Wildman–Crippen LogP) is 1.95. The number of rotatable bonds is 5. The van der Waals surface area contributed by atoms with E-state index in [1.165, 1.54) is 0 Å². The molecule has 0 aromatic heterocycles. The highest BCUT2D eigenvalue weighted by molar-refractivity contribution is 5.99. The average molecular weight is 317 g/mol. The molecule has 0 bridgehead atoms. The molecule has 1 aromatic carbocycles. The van der Waals surface area contributed by atoms with Crippen molar-refractivity contribution >= 4 is 11.8 Å². The molecule has 1 aliphatic heterocycles. The number of likely N-dealkylation sites (N-methyl/N-ethyl adjacent to an activating group) is 1. The van der Waals surface area contributed by atoms with E-state index in [0.717, 1.165) is 32.7 Å². The first-order valence-electron chi connectivity index (χ1n) is 8.51. The minimum absolute atomic E-state index is 0.0135. The molecule has 0 aliphatic carbocycles. The van der Waals surface area contributed by atoms with Gasteiger partial charge in [-0.1, -0.05) is 13.0 Å². The van der Waals surface area contributed by atoms with Gasteiger partial charge in [0.15, 0.2) is 0 Å². The molecule has 0 unspecified atom stereocenters. The minimum atomic E-state index is -0.0135. The van der Waals surface area contributed by atoms with E-state index in [0.29, 0.717) is 24.2 Å². The van der Waals surface area contributed by atoms with Gasteiger partial charge in [0, 0.05) is 50.4 Å². The monoisotopic (exact) mass is 317 g/mol. The van der Waals surface area contributed by atoms with E-state index >= 15 is 0 Å². The van der Waals surface area contributed by atoms with Crippen LogP contribution in [0.25, 0.3) is 0 Å². The van der Waals surface area contributed by atoms with Gasteiger partial charge in [-0.2, -0.15) is 0 Å². The van der Waals surface area contributed by atoms with Gasteiger partial charge >= 0.3 is 0 Å². The molecule has 1 heterocycles. The Morgan fingerprint density at radius 1 is 1.00 bits per heavy atom. The zero-order chi connectivity index (χ0) is 16.8. The number of benzene rings is 1. The van der Waals surface area contributed by atoms with Gasteiger partial charge in [-0.15, -0.1) is 0 Å². The SMILES string of the molecule is CCN1CCN(C(=O)c2cccc(C(=O)N(CC)CC)c2)CC1. The summed E-state index contributed by atoms with van der Waals surface area (Å²) in [5.41, 5.74) is 1.19. The smallest absolute Gasteiger partial charge is 0.253 e. The van der Waals surface area contributed by atoms with Crippen LogP contribution in [0, 0.1) is 0 Å². The maximum absolute atomic E-state index is 12.7. The van der Waals surface area contributed by atoms with Crippen molar-refractivity contribution in [3.05, 3.63) is 35.4 Å². The Morgan fingerprint density at radius 3 is 2.17 bits per heavy atom. The maximum Gasteiger partial charge on any atom is 0.253 e. The topological polar surface area (TPSA) is 43.9 Å². The Labute approximate surface area is 138 Å². The van der Waals surface area contributed by atoms with Crippen molar-refractivity contribution in [2.45, 2.75) is 20.8 Å². The first-order valence-corrected chi connectivity index (χ1v) is 8.51. The van der Waals surface area contributed by atoms with Gasteiger partial charge in [-0.3, -0.25) is 9.59 Å². The summed E-state index contributed by atoms with van der Waals surface area (Å²) < 4.78 is 0. The molecular weight excluding hydrogens is 290 g/mol. The van der Waals surface area contributed by atoms with Gasteiger partial charge in [0.05, 0.1) is 0 Å². The number of hydrogen-bond donors (Lipinski definition) is 0. The van der Waals surface area contributed by atoms with Gasteiger partial charge < -0.3 is 14.7 Å². The summed E-state index contributed by atoms with van der Waals surface area (Å²) >= 11 is 0. The lowest BCUT2D eigenvalue weighted by molar-refractivity contribution is 0.0643. The van der Waals surface area contributed by atoms with Gasteiger partial charge in [-0.25, -0.2) is 0 Å². The summed E-state index contributed by atoms with van der Waals surface area (Å²) in [6.45, 7) is 11.8.